The monoisotopic (exact) mass is 427 g/mol. The number of benzene rings is 2. The minimum atomic E-state index is -2.24. The SMILES string of the molecule is COc1ccc(C=Nc2c(F)c(F)c(F)c(F)c2F)c(B2OC(C)(C)C(C)(C)O2)c1. The first kappa shape index (κ1) is 22.2. The van der Waals surface area contributed by atoms with Crippen LogP contribution in [0.15, 0.2) is 23.2 Å². The molecule has 1 saturated heterocycles. The standard InChI is InChI=1S/C20H19BF5NO3/c1-19(2)20(3,4)30-21(29-19)12-8-11(28-5)7-6-10(12)9-27-18-16(25)14(23)13(22)15(24)17(18)26/h6-9H,1-5H3. The molecule has 1 fully saturated rings. The van der Waals surface area contributed by atoms with Crippen LogP contribution in [0.25, 0.3) is 0 Å². The summed E-state index contributed by atoms with van der Waals surface area (Å²) >= 11 is 0. The van der Waals surface area contributed by atoms with Crippen LogP contribution in [0.4, 0.5) is 27.6 Å². The van der Waals surface area contributed by atoms with Crippen molar-refractivity contribution < 1.29 is 36.0 Å². The second-order valence-electron chi connectivity index (χ2n) is 7.76. The highest BCUT2D eigenvalue weighted by molar-refractivity contribution is 6.63. The maximum Gasteiger partial charge on any atom is 0.495 e. The zero-order chi connectivity index (χ0) is 22.4. The van der Waals surface area contributed by atoms with E-state index in [2.05, 4.69) is 4.99 Å². The zero-order valence-electron chi connectivity index (χ0n) is 16.9. The van der Waals surface area contributed by atoms with E-state index in [-0.39, 0.29) is 0 Å². The van der Waals surface area contributed by atoms with Crippen molar-refractivity contribution in [2.45, 2.75) is 38.9 Å². The Balaban J connectivity index is 2.07. The van der Waals surface area contributed by atoms with E-state index >= 15 is 0 Å². The van der Waals surface area contributed by atoms with E-state index in [1.807, 2.05) is 27.7 Å². The number of halogens is 5. The van der Waals surface area contributed by atoms with E-state index < -0.39 is 53.1 Å². The number of hydrogen-bond acceptors (Lipinski definition) is 4. The maximum absolute atomic E-state index is 13.9. The fourth-order valence-corrected chi connectivity index (χ4v) is 2.81. The number of rotatable bonds is 4. The summed E-state index contributed by atoms with van der Waals surface area (Å²) in [7, 11) is 0.578. The molecule has 1 aliphatic rings. The maximum atomic E-state index is 13.9. The van der Waals surface area contributed by atoms with Gasteiger partial charge in [-0.1, -0.05) is 6.07 Å². The Morgan fingerprint density at radius 1 is 0.867 bits per heavy atom. The van der Waals surface area contributed by atoms with Crippen LogP contribution in [0.5, 0.6) is 5.75 Å². The van der Waals surface area contributed by atoms with E-state index in [0.717, 1.165) is 6.21 Å². The van der Waals surface area contributed by atoms with Gasteiger partial charge in [-0.25, -0.2) is 26.9 Å². The van der Waals surface area contributed by atoms with Crippen molar-refractivity contribution in [3.8, 4) is 5.75 Å². The average molecular weight is 427 g/mol. The lowest BCUT2D eigenvalue weighted by Gasteiger charge is -2.32. The second kappa shape index (κ2) is 7.66. The van der Waals surface area contributed by atoms with Gasteiger partial charge in [0.15, 0.2) is 23.3 Å². The third-order valence-corrected chi connectivity index (χ3v) is 5.32. The van der Waals surface area contributed by atoms with Gasteiger partial charge in [0.05, 0.1) is 18.3 Å². The lowest BCUT2D eigenvalue weighted by atomic mass is 9.76. The summed E-state index contributed by atoms with van der Waals surface area (Å²) in [5.74, 6) is -9.97. The van der Waals surface area contributed by atoms with Crippen LogP contribution in [0.2, 0.25) is 0 Å². The summed E-state index contributed by atoms with van der Waals surface area (Å²) < 4.78 is 85.1. The summed E-state index contributed by atoms with van der Waals surface area (Å²) in [6.45, 7) is 7.37. The Kier molecular flexibility index (Phi) is 5.68. The number of hydrogen-bond donors (Lipinski definition) is 0. The smallest absolute Gasteiger partial charge is 0.495 e. The molecule has 0 aromatic heterocycles. The largest absolute Gasteiger partial charge is 0.497 e. The summed E-state index contributed by atoms with van der Waals surface area (Å²) in [5, 5.41) is 0. The quantitative estimate of drug-likeness (QED) is 0.238. The van der Waals surface area contributed by atoms with Gasteiger partial charge in [-0.15, -0.1) is 0 Å². The summed E-state index contributed by atoms with van der Waals surface area (Å²) in [4.78, 5) is 3.52. The van der Waals surface area contributed by atoms with Crippen LogP contribution < -0.4 is 10.2 Å². The molecular weight excluding hydrogens is 408 g/mol. The lowest BCUT2D eigenvalue weighted by molar-refractivity contribution is 0.00578. The van der Waals surface area contributed by atoms with Gasteiger partial charge in [0.25, 0.3) is 0 Å². The molecule has 0 N–H and O–H groups in total. The van der Waals surface area contributed by atoms with E-state index in [0.29, 0.717) is 16.8 Å². The fraction of sp³-hybridized carbons (Fsp3) is 0.350. The van der Waals surface area contributed by atoms with Crippen LogP contribution in [0.3, 0.4) is 0 Å². The average Bonchev–Trinajstić information content (AvgIpc) is 2.92. The first-order chi connectivity index (χ1) is 13.9. The molecule has 0 radical (unpaired) electrons. The molecule has 0 unspecified atom stereocenters. The lowest BCUT2D eigenvalue weighted by Crippen LogP contribution is -2.41. The van der Waals surface area contributed by atoms with Gasteiger partial charge in [0.2, 0.25) is 5.82 Å². The van der Waals surface area contributed by atoms with Gasteiger partial charge in [0, 0.05) is 6.21 Å². The molecule has 2 aromatic rings. The highest BCUT2D eigenvalue weighted by atomic mass is 19.2. The zero-order valence-corrected chi connectivity index (χ0v) is 16.9. The number of methoxy groups -OCH3 is 1. The Morgan fingerprint density at radius 3 is 1.87 bits per heavy atom. The first-order valence-electron chi connectivity index (χ1n) is 8.98. The Morgan fingerprint density at radius 2 is 1.37 bits per heavy atom. The summed E-state index contributed by atoms with van der Waals surface area (Å²) in [6.07, 6.45) is 0.984. The highest BCUT2D eigenvalue weighted by Crippen LogP contribution is 2.37. The summed E-state index contributed by atoms with van der Waals surface area (Å²) in [5.41, 5.74) is -1.92. The van der Waals surface area contributed by atoms with E-state index in [9.17, 15) is 22.0 Å². The molecule has 1 heterocycles. The molecule has 0 amide bonds. The van der Waals surface area contributed by atoms with Gasteiger partial charge in [-0.3, -0.25) is 0 Å². The Hall–Kier alpha value is -2.46. The van der Waals surface area contributed by atoms with Crippen LogP contribution >= 0.6 is 0 Å². The third-order valence-electron chi connectivity index (χ3n) is 5.32. The van der Waals surface area contributed by atoms with Crippen molar-refractivity contribution in [3.63, 3.8) is 0 Å². The van der Waals surface area contributed by atoms with Crippen LogP contribution in [0, 0.1) is 29.1 Å². The topological polar surface area (TPSA) is 40.0 Å². The van der Waals surface area contributed by atoms with Gasteiger partial charge in [0.1, 0.15) is 11.4 Å². The fourth-order valence-electron chi connectivity index (χ4n) is 2.81. The molecule has 3 rings (SSSR count). The molecule has 10 heteroatoms. The van der Waals surface area contributed by atoms with Crippen molar-refractivity contribution in [2.75, 3.05) is 7.11 Å². The Bertz CT molecular complexity index is 981. The van der Waals surface area contributed by atoms with E-state index in [1.165, 1.54) is 13.2 Å². The molecule has 2 aromatic carbocycles. The van der Waals surface area contributed by atoms with E-state index in [4.69, 9.17) is 14.0 Å². The minimum Gasteiger partial charge on any atom is -0.497 e. The minimum absolute atomic E-state index is 0.290. The predicted molar refractivity (Wildman–Crippen MR) is 102 cm³/mol. The molecule has 160 valence electrons. The number of nitrogens with zero attached hydrogens (tertiary/aromatic N) is 1. The molecule has 30 heavy (non-hydrogen) atoms. The van der Waals surface area contributed by atoms with Crippen LogP contribution in [-0.2, 0) is 9.31 Å². The molecule has 0 saturated carbocycles. The molecule has 0 atom stereocenters. The molecular formula is C20H19BF5NO3. The van der Waals surface area contributed by atoms with Crippen LogP contribution in [-0.4, -0.2) is 31.6 Å². The van der Waals surface area contributed by atoms with Crippen molar-refractivity contribution >= 4 is 24.5 Å². The van der Waals surface area contributed by atoms with Crippen LogP contribution in [0.1, 0.15) is 33.3 Å². The first-order valence-corrected chi connectivity index (χ1v) is 8.98. The second-order valence-corrected chi connectivity index (χ2v) is 7.76. The molecule has 1 aliphatic heterocycles. The van der Waals surface area contributed by atoms with Crippen molar-refractivity contribution in [1.29, 1.82) is 0 Å². The Labute approximate surface area is 170 Å². The third kappa shape index (κ3) is 3.69. The summed E-state index contributed by atoms with van der Waals surface area (Å²) in [6, 6.07) is 4.64. The molecule has 0 spiro atoms. The van der Waals surface area contributed by atoms with E-state index in [1.54, 1.807) is 12.1 Å². The van der Waals surface area contributed by atoms with Crippen molar-refractivity contribution in [2.24, 2.45) is 4.99 Å². The van der Waals surface area contributed by atoms with Gasteiger partial charge in [-0.2, -0.15) is 0 Å². The normalized spacial score (nSPS) is 17.7. The number of aliphatic imine (C=N–C) groups is 1. The highest BCUT2D eigenvalue weighted by Gasteiger charge is 2.52. The van der Waals surface area contributed by atoms with Crippen molar-refractivity contribution in [3.05, 3.63) is 52.8 Å². The van der Waals surface area contributed by atoms with Gasteiger partial charge >= 0.3 is 7.12 Å². The van der Waals surface area contributed by atoms with Gasteiger partial charge in [-0.05, 0) is 50.9 Å². The van der Waals surface area contributed by atoms with Crippen molar-refractivity contribution in [1.82, 2.24) is 0 Å². The predicted octanol–water partition coefficient (Wildman–Crippen LogP) is 4.44. The van der Waals surface area contributed by atoms with Gasteiger partial charge < -0.3 is 14.0 Å². The number of ether oxygens (including phenoxy) is 1. The molecule has 0 aliphatic carbocycles. The molecule has 0 bridgehead atoms. The molecule has 4 nitrogen and oxygen atoms in total.